The first kappa shape index (κ1) is 26.4. The van der Waals surface area contributed by atoms with Gasteiger partial charge in [0, 0.05) is 16.7 Å². The molecule has 3 heterocycles. The van der Waals surface area contributed by atoms with E-state index in [2.05, 4.69) is 4.99 Å². The number of carboxylic acids is 1. The van der Waals surface area contributed by atoms with Crippen molar-refractivity contribution in [3.8, 4) is 11.3 Å². The summed E-state index contributed by atoms with van der Waals surface area (Å²) in [7, 11) is 0. The first-order valence-electron chi connectivity index (χ1n) is 12.1. The molecule has 8 nitrogen and oxygen atoms in total. The van der Waals surface area contributed by atoms with Gasteiger partial charge in [-0.05, 0) is 62.2 Å². The largest absolute Gasteiger partial charge is 0.478 e. The van der Waals surface area contributed by atoms with Gasteiger partial charge in [-0.3, -0.25) is 9.36 Å². The van der Waals surface area contributed by atoms with Gasteiger partial charge in [0.1, 0.15) is 17.6 Å². The second-order valence-electron chi connectivity index (χ2n) is 8.86. The minimum atomic E-state index is -1.03. The summed E-state index contributed by atoms with van der Waals surface area (Å²) in [5.41, 5.74) is 2.55. The predicted octanol–water partition coefficient (Wildman–Crippen LogP) is 4.72. The van der Waals surface area contributed by atoms with Crippen LogP contribution in [0.1, 0.15) is 47.1 Å². The number of allylic oxidation sites excluding steroid dienone is 1. The number of esters is 1. The molecule has 0 spiro atoms. The van der Waals surface area contributed by atoms with E-state index in [4.69, 9.17) is 20.8 Å². The van der Waals surface area contributed by atoms with Crippen molar-refractivity contribution in [3.63, 3.8) is 0 Å². The highest BCUT2D eigenvalue weighted by Crippen LogP contribution is 2.34. The zero-order valence-electron chi connectivity index (χ0n) is 21.2. The maximum Gasteiger partial charge on any atom is 0.338 e. The molecule has 0 aliphatic carbocycles. The number of furan rings is 1. The Hall–Kier alpha value is -4.21. The number of aromatic nitrogens is 1. The van der Waals surface area contributed by atoms with E-state index < -0.39 is 18.0 Å². The lowest BCUT2D eigenvalue weighted by Crippen LogP contribution is -2.40. The van der Waals surface area contributed by atoms with E-state index >= 15 is 0 Å². The monoisotopic (exact) mass is 562 g/mol. The van der Waals surface area contributed by atoms with Crippen LogP contribution in [0.4, 0.5) is 0 Å². The molecule has 0 unspecified atom stereocenters. The number of hydrogen-bond donors (Lipinski definition) is 1. The first-order valence-corrected chi connectivity index (χ1v) is 13.3. The third kappa shape index (κ3) is 4.86. The van der Waals surface area contributed by atoms with Crippen molar-refractivity contribution in [3.05, 3.63) is 113 Å². The van der Waals surface area contributed by atoms with Crippen molar-refractivity contribution in [2.24, 2.45) is 4.99 Å². The smallest absolute Gasteiger partial charge is 0.338 e. The Morgan fingerprint density at radius 3 is 2.67 bits per heavy atom. The number of carbonyl (C=O) groups is 2. The van der Waals surface area contributed by atoms with Gasteiger partial charge in [-0.25, -0.2) is 14.6 Å². The standard InChI is InChI=1S/C29H23ClN2O6S/c1-4-37-28(36)24-16(3)31-29-32(25(24)19-7-5-6-8-21(19)30)26(33)23(39-29)14-18-11-12-22(38-18)20-13-17(27(34)35)10-9-15(20)2/h5-14,25H,4H2,1-3H3,(H,34,35)/b23-14-/t25-/m1/s1. The quantitative estimate of drug-likeness (QED) is 0.340. The van der Waals surface area contributed by atoms with Crippen LogP contribution in [-0.4, -0.2) is 28.2 Å². The molecule has 0 saturated heterocycles. The van der Waals surface area contributed by atoms with Gasteiger partial charge in [0.15, 0.2) is 4.80 Å². The molecule has 1 aliphatic rings. The summed E-state index contributed by atoms with van der Waals surface area (Å²) >= 11 is 7.70. The van der Waals surface area contributed by atoms with Crippen LogP contribution in [0.15, 0.2) is 80.1 Å². The maximum atomic E-state index is 13.8. The van der Waals surface area contributed by atoms with Gasteiger partial charge in [0.05, 0.1) is 28.0 Å². The molecule has 2 aromatic carbocycles. The normalized spacial score (nSPS) is 15.2. The molecule has 0 saturated carbocycles. The van der Waals surface area contributed by atoms with Gasteiger partial charge in [-0.1, -0.05) is 47.2 Å². The molecule has 198 valence electrons. The van der Waals surface area contributed by atoms with E-state index in [0.717, 1.165) is 5.56 Å². The van der Waals surface area contributed by atoms with E-state index in [1.807, 2.05) is 6.92 Å². The molecule has 1 N–H and O–H groups in total. The summed E-state index contributed by atoms with van der Waals surface area (Å²) in [5, 5.41) is 9.76. The lowest BCUT2D eigenvalue weighted by Gasteiger charge is -2.25. The number of carbonyl (C=O) groups excluding carboxylic acids is 1. The number of nitrogens with zero attached hydrogens (tertiary/aromatic N) is 2. The van der Waals surface area contributed by atoms with E-state index in [1.54, 1.807) is 68.5 Å². The van der Waals surface area contributed by atoms with Crippen LogP contribution >= 0.6 is 22.9 Å². The number of fused-ring (bicyclic) bond motifs is 1. The molecule has 10 heteroatoms. The van der Waals surface area contributed by atoms with E-state index in [9.17, 15) is 19.5 Å². The summed E-state index contributed by atoms with van der Waals surface area (Å²) in [6, 6.07) is 14.5. The summed E-state index contributed by atoms with van der Waals surface area (Å²) in [4.78, 5) is 43.2. The fraction of sp³-hybridized carbons (Fsp3) is 0.172. The number of rotatable bonds is 6. The van der Waals surface area contributed by atoms with Crippen LogP contribution in [0.2, 0.25) is 5.02 Å². The molecule has 0 bridgehead atoms. The second kappa shape index (κ2) is 10.5. The minimum absolute atomic E-state index is 0.147. The zero-order valence-corrected chi connectivity index (χ0v) is 22.8. The van der Waals surface area contributed by atoms with Crippen molar-refractivity contribution >= 4 is 41.0 Å². The third-order valence-corrected chi connectivity index (χ3v) is 7.69. The Labute approximate surface area is 231 Å². The molecule has 5 rings (SSSR count). The number of halogens is 1. The SMILES string of the molecule is CCOC(=O)C1=C(C)N=c2s/c(=C\c3ccc(-c4cc(C(=O)O)ccc4C)o3)c(=O)n2[C@@H]1c1ccccc1Cl. The molecular weight excluding hydrogens is 540 g/mol. The van der Waals surface area contributed by atoms with Crippen molar-refractivity contribution in [2.45, 2.75) is 26.8 Å². The average Bonchev–Trinajstić information content (AvgIpc) is 3.48. The van der Waals surface area contributed by atoms with Crippen molar-refractivity contribution in [1.29, 1.82) is 0 Å². The minimum Gasteiger partial charge on any atom is -0.478 e. The summed E-state index contributed by atoms with van der Waals surface area (Å²) in [5.74, 6) is -0.711. The van der Waals surface area contributed by atoms with Gasteiger partial charge in [0.25, 0.3) is 5.56 Å². The number of hydrogen-bond acceptors (Lipinski definition) is 7. The van der Waals surface area contributed by atoms with Crippen molar-refractivity contribution in [2.75, 3.05) is 6.61 Å². The Kier molecular flexibility index (Phi) is 7.12. The van der Waals surface area contributed by atoms with Crippen molar-refractivity contribution in [1.82, 2.24) is 4.57 Å². The number of thiazole rings is 1. The van der Waals surface area contributed by atoms with Crippen LogP contribution in [0.25, 0.3) is 17.4 Å². The molecule has 0 radical (unpaired) electrons. The lowest BCUT2D eigenvalue weighted by atomic mass is 9.96. The Morgan fingerprint density at radius 2 is 1.95 bits per heavy atom. The van der Waals surface area contributed by atoms with E-state index in [-0.39, 0.29) is 23.3 Å². The third-order valence-electron chi connectivity index (χ3n) is 6.37. The molecule has 0 fully saturated rings. The molecule has 0 amide bonds. The number of benzene rings is 2. The molecular formula is C29H23ClN2O6S. The molecule has 1 aliphatic heterocycles. The molecule has 4 aromatic rings. The molecule has 39 heavy (non-hydrogen) atoms. The number of aryl methyl sites for hydroxylation is 1. The van der Waals surface area contributed by atoms with E-state index in [1.165, 1.54) is 22.0 Å². The van der Waals surface area contributed by atoms with Crippen molar-refractivity contribution < 1.29 is 23.8 Å². The van der Waals surface area contributed by atoms with Gasteiger partial charge in [0.2, 0.25) is 0 Å². The highest BCUT2D eigenvalue weighted by molar-refractivity contribution is 7.07. The number of carboxylic acid groups (broad SMARTS) is 1. The summed E-state index contributed by atoms with van der Waals surface area (Å²) in [6.07, 6.45) is 1.61. The molecule has 1 atom stereocenters. The van der Waals surface area contributed by atoms with Crippen LogP contribution in [0, 0.1) is 6.92 Å². The fourth-order valence-corrected chi connectivity index (χ4v) is 5.77. The number of ether oxygens (including phenoxy) is 1. The van der Waals surface area contributed by atoms with Gasteiger partial charge in [-0.2, -0.15) is 0 Å². The fourth-order valence-electron chi connectivity index (χ4n) is 4.51. The summed E-state index contributed by atoms with van der Waals surface area (Å²) in [6.45, 7) is 5.45. The topological polar surface area (TPSA) is 111 Å². The van der Waals surface area contributed by atoms with Crippen LogP contribution in [0.3, 0.4) is 0 Å². The molecule has 2 aromatic heterocycles. The Balaban J connectivity index is 1.64. The van der Waals surface area contributed by atoms with Crippen LogP contribution in [0.5, 0.6) is 0 Å². The lowest BCUT2D eigenvalue weighted by molar-refractivity contribution is -0.139. The maximum absolute atomic E-state index is 13.8. The number of aromatic carboxylic acids is 1. The van der Waals surface area contributed by atoms with Gasteiger partial charge < -0.3 is 14.3 Å². The highest BCUT2D eigenvalue weighted by atomic mass is 35.5. The average molecular weight is 563 g/mol. The van der Waals surface area contributed by atoms with Gasteiger partial charge >= 0.3 is 11.9 Å². The first-order chi connectivity index (χ1) is 18.7. The zero-order chi connectivity index (χ0) is 27.8. The summed E-state index contributed by atoms with van der Waals surface area (Å²) < 4.78 is 13.1. The highest BCUT2D eigenvalue weighted by Gasteiger charge is 2.34. The van der Waals surface area contributed by atoms with Crippen LogP contribution in [-0.2, 0) is 9.53 Å². The van der Waals surface area contributed by atoms with Gasteiger partial charge in [-0.15, -0.1) is 0 Å². The Morgan fingerprint density at radius 1 is 1.18 bits per heavy atom. The van der Waals surface area contributed by atoms with Crippen LogP contribution < -0.4 is 14.9 Å². The predicted molar refractivity (Wildman–Crippen MR) is 148 cm³/mol. The van der Waals surface area contributed by atoms with E-state index in [0.29, 0.717) is 42.7 Å². The second-order valence-corrected chi connectivity index (χ2v) is 10.3. The Bertz CT molecular complexity index is 1850.